The maximum absolute atomic E-state index is 11.4. The first-order valence-corrected chi connectivity index (χ1v) is 9.55. The van der Waals surface area contributed by atoms with Crippen molar-refractivity contribution in [2.75, 3.05) is 52.4 Å². The summed E-state index contributed by atoms with van der Waals surface area (Å²) in [6.07, 6.45) is 0. The van der Waals surface area contributed by atoms with Crippen LogP contribution in [0.2, 0.25) is 0 Å². The molecule has 0 bridgehead atoms. The van der Waals surface area contributed by atoms with Gasteiger partial charge in [0.1, 0.15) is 0 Å². The number of rotatable bonds is 4. The highest BCUT2D eigenvalue weighted by molar-refractivity contribution is 5.73. The molecule has 26 heavy (non-hydrogen) atoms. The molecule has 142 valence electrons. The fraction of sp³-hybridized carbons (Fsp3) is 0.600. The van der Waals surface area contributed by atoms with Crippen LogP contribution in [0.5, 0.6) is 0 Å². The fourth-order valence-corrected chi connectivity index (χ4v) is 3.71. The van der Waals surface area contributed by atoms with Gasteiger partial charge in [0.2, 0.25) is 11.8 Å². The van der Waals surface area contributed by atoms with Gasteiger partial charge in [0.25, 0.3) is 0 Å². The van der Waals surface area contributed by atoms with E-state index in [9.17, 15) is 9.59 Å². The van der Waals surface area contributed by atoms with Crippen molar-refractivity contribution >= 4 is 11.8 Å². The molecule has 0 aromatic heterocycles. The number of nitrogens with zero attached hydrogens (tertiary/aromatic N) is 4. The first-order valence-electron chi connectivity index (χ1n) is 9.55. The lowest BCUT2D eigenvalue weighted by Gasteiger charge is -2.34. The Bertz CT molecular complexity index is 560. The molecule has 6 nitrogen and oxygen atoms in total. The lowest BCUT2D eigenvalue weighted by molar-refractivity contribution is -0.131. The van der Waals surface area contributed by atoms with Crippen LogP contribution >= 0.6 is 0 Å². The zero-order valence-corrected chi connectivity index (χ0v) is 16.0. The lowest BCUT2D eigenvalue weighted by Crippen LogP contribution is -2.47. The quantitative estimate of drug-likeness (QED) is 0.806. The van der Waals surface area contributed by atoms with Gasteiger partial charge in [-0.2, -0.15) is 0 Å². The Hall–Kier alpha value is -1.92. The molecular formula is C20H30N4O2. The highest BCUT2D eigenvalue weighted by atomic mass is 16.2. The third kappa shape index (κ3) is 5.05. The standard InChI is InChI=1S/C20H30N4O2/c1-17(25)23-11-7-21(8-12-23)15-19-3-5-20(6-4-19)16-22-9-13-24(14-10-22)18(2)26/h3-6H,7-16H2,1-2H3. The Kier molecular flexibility index (Phi) is 6.27. The van der Waals surface area contributed by atoms with Gasteiger partial charge in [-0.15, -0.1) is 0 Å². The molecule has 1 aromatic rings. The van der Waals surface area contributed by atoms with E-state index >= 15 is 0 Å². The second kappa shape index (κ2) is 8.64. The molecule has 2 aliphatic rings. The molecule has 0 atom stereocenters. The van der Waals surface area contributed by atoms with Gasteiger partial charge >= 0.3 is 0 Å². The Labute approximate surface area is 156 Å². The van der Waals surface area contributed by atoms with Crippen molar-refractivity contribution in [2.45, 2.75) is 26.9 Å². The molecule has 0 N–H and O–H groups in total. The SMILES string of the molecule is CC(=O)N1CCN(Cc2ccc(CN3CCN(C(C)=O)CC3)cc2)CC1. The van der Waals surface area contributed by atoms with E-state index in [0.717, 1.165) is 65.4 Å². The second-order valence-electron chi connectivity index (χ2n) is 7.38. The normalized spacial score (nSPS) is 19.6. The number of carbonyl (C=O) groups is 2. The largest absolute Gasteiger partial charge is 0.340 e. The Morgan fingerprint density at radius 1 is 0.654 bits per heavy atom. The summed E-state index contributed by atoms with van der Waals surface area (Å²) < 4.78 is 0. The van der Waals surface area contributed by atoms with Crippen LogP contribution in [0.1, 0.15) is 25.0 Å². The second-order valence-corrected chi connectivity index (χ2v) is 7.38. The van der Waals surface area contributed by atoms with Gasteiger partial charge in [0, 0.05) is 79.3 Å². The first kappa shape index (κ1) is 18.9. The molecular weight excluding hydrogens is 328 g/mol. The summed E-state index contributed by atoms with van der Waals surface area (Å²) >= 11 is 0. The van der Waals surface area contributed by atoms with Crippen molar-refractivity contribution in [1.29, 1.82) is 0 Å². The smallest absolute Gasteiger partial charge is 0.219 e. The summed E-state index contributed by atoms with van der Waals surface area (Å²) in [6.45, 7) is 12.3. The number of hydrogen-bond acceptors (Lipinski definition) is 4. The van der Waals surface area contributed by atoms with E-state index in [0.29, 0.717) is 0 Å². The lowest BCUT2D eigenvalue weighted by atomic mass is 10.1. The third-order valence-corrected chi connectivity index (χ3v) is 5.47. The van der Waals surface area contributed by atoms with Gasteiger partial charge < -0.3 is 9.80 Å². The van der Waals surface area contributed by atoms with Crippen LogP contribution in [0.4, 0.5) is 0 Å². The fourth-order valence-electron chi connectivity index (χ4n) is 3.71. The number of carbonyl (C=O) groups excluding carboxylic acids is 2. The average molecular weight is 358 g/mol. The third-order valence-electron chi connectivity index (χ3n) is 5.47. The Morgan fingerprint density at radius 3 is 1.23 bits per heavy atom. The van der Waals surface area contributed by atoms with Gasteiger partial charge in [0.15, 0.2) is 0 Å². The summed E-state index contributed by atoms with van der Waals surface area (Å²) in [5.41, 5.74) is 2.65. The molecule has 0 saturated carbocycles. The summed E-state index contributed by atoms with van der Waals surface area (Å²) in [5.74, 6) is 0.358. The molecule has 2 heterocycles. The molecule has 2 amide bonds. The average Bonchev–Trinajstić information content (AvgIpc) is 2.64. The summed E-state index contributed by atoms with van der Waals surface area (Å²) in [5, 5.41) is 0. The van der Waals surface area contributed by atoms with Crippen LogP contribution in [-0.2, 0) is 22.7 Å². The Morgan fingerprint density at radius 2 is 0.962 bits per heavy atom. The van der Waals surface area contributed by atoms with E-state index in [2.05, 4.69) is 34.1 Å². The van der Waals surface area contributed by atoms with E-state index in [4.69, 9.17) is 0 Å². The van der Waals surface area contributed by atoms with Crippen LogP contribution in [0, 0.1) is 0 Å². The van der Waals surface area contributed by atoms with Gasteiger partial charge in [-0.25, -0.2) is 0 Å². The molecule has 2 saturated heterocycles. The van der Waals surface area contributed by atoms with Crippen LogP contribution in [0.25, 0.3) is 0 Å². The van der Waals surface area contributed by atoms with Crippen LogP contribution in [-0.4, -0.2) is 83.8 Å². The molecule has 0 spiro atoms. The predicted molar refractivity (Wildman–Crippen MR) is 102 cm³/mol. The van der Waals surface area contributed by atoms with Gasteiger partial charge in [-0.1, -0.05) is 24.3 Å². The highest BCUT2D eigenvalue weighted by Crippen LogP contribution is 2.13. The van der Waals surface area contributed by atoms with Crippen molar-refractivity contribution in [3.63, 3.8) is 0 Å². The van der Waals surface area contributed by atoms with E-state index in [1.165, 1.54) is 11.1 Å². The molecule has 0 radical (unpaired) electrons. The number of benzene rings is 1. The molecule has 0 unspecified atom stereocenters. The summed E-state index contributed by atoms with van der Waals surface area (Å²) in [4.78, 5) is 31.5. The highest BCUT2D eigenvalue weighted by Gasteiger charge is 2.19. The van der Waals surface area contributed by atoms with Gasteiger partial charge in [-0.05, 0) is 11.1 Å². The predicted octanol–water partition coefficient (Wildman–Crippen LogP) is 1.01. The number of piperazine rings is 2. The first-order chi connectivity index (χ1) is 12.5. The minimum atomic E-state index is 0.179. The number of amides is 2. The van der Waals surface area contributed by atoms with Crippen molar-refractivity contribution < 1.29 is 9.59 Å². The molecule has 0 aliphatic carbocycles. The van der Waals surface area contributed by atoms with Crippen LogP contribution in [0.3, 0.4) is 0 Å². The topological polar surface area (TPSA) is 47.1 Å². The van der Waals surface area contributed by atoms with E-state index in [1.807, 2.05) is 9.80 Å². The van der Waals surface area contributed by atoms with Crippen molar-refractivity contribution in [3.05, 3.63) is 35.4 Å². The number of hydrogen-bond donors (Lipinski definition) is 0. The van der Waals surface area contributed by atoms with Crippen LogP contribution in [0.15, 0.2) is 24.3 Å². The van der Waals surface area contributed by atoms with Crippen LogP contribution < -0.4 is 0 Å². The summed E-state index contributed by atoms with van der Waals surface area (Å²) in [7, 11) is 0. The zero-order valence-electron chi connectivity index (χ0n) is 16.0. The molecule has 2 aliphatic heterocycles. The van der Waals surface area contributed by atoms with E-state index in [-0.39, 0.29) is 11.8 Å². The van der Waals surface area contributed by atoms with Crippen molar-refractivity contribution in [2.24, 2.45) is 0 Å². The molecule has 3 rings (SSSR count). The maximum Gasteiger partial charge on any atom is 0.219 e. The molecule has 6 heteroatoms. The molecule has 1 aromatic carbocycles. The van der Waals surface area contributed by atoms with Crippen molar-refractivity contribution in [3.8, 4) is 0 Å². The molecule has 2 fully saturated rings. The van der Waals surface area contributed by atoms with Gasteiger partial charge in [0.05, 0.1) is 0 Å². The van der Waals surface area contributed by atoms with E-state index < -0.39 is 0 Å². The summed E-state index contributed by atoms with van der Waals surface area (Å²) in [6, 6.07) is 8.88. The minimum Gasteiger partial charge on any atom is -0.340 e. The van der Waals surface area contributed by atoms with Gasteiger partial charge in [-0.3, -0.25) is 19.4 Å². The minimum absolute atomic E-state index is 0.179. The monoisotopic (exact) mass is 358 g/mol. The van der Waals surface area contributed by atoms with E-state index in [1.54, 1.807) is 13.8 Å². The zero-order chi connectivity index (χ0) is 18.5. The maximum atomic E-state index is 11.4. The Balaban J connectivity index is 1.44. The van der Waals surface area contributed by atoms with Crippen molar-refractivity contribution in [1.82, 2.24) is 19.6 Å².